The number of sulfonamides is 1. The molecule has 0 radical (unpaired) electrons. The second-order valence-corrected chi connectivity index (χ2v) is 9.86. The van der Waals surface area contributed by atoms with Crippen LogP contribution >= 0.6 is 0 Å². The number of carbonyl (C=O) groups excluding carboxylic acids is 1. The Morgan fingerprint density at radius 1 is 1.06 bits per heavy atom. The van der Waals surface area contributed by atoms with Gasteiger partial charge < -0.3 is 14.4 Å². The maximum atomic E-state index is 13.0. The van der Waals surface area contributed by atoms with Gasteiger partial charge in [0.25, 0.3) is 5.91 Å². The first-order valence-corrected chi connectivity index (χ1v) is 12.2. The minimum atomic E-state index is -3.53. The number of morpholine rings is 1. The predicted molar refractivity (Wildman–Crippen MR) is 123 cm³/mol. The fourth-order valence-corrected chi connectivity index (χ4v) is 5.59. The average Bonchev–Trinajstić information content (AvgIpc) is 2.83. The van der Waals surface area contributed by atoms with Crippen molar-refractivity contribution >= 4 is 27.7 Å². The Bertz CT molecular complexity index is 1120. The Labute approximate surface area is 189 Å². The number of rotatable bonds is 5. The molecule has 2 aliphatic rings. The number of amides is 1. The molecule has 7 nitrogen and oxygen atoms in total. The molecular formula is C24H28N2O5S. The summed E-state index contributed by atoms with van der Waals surface area (Å²) in [5, 5.41) is 0. The Kier molecular flexibility index (Phi) is 6.64. The molecule has 0 aliphatic carbocycles. The van der Waals surface area contributed by atoms with Crippen LogP contribution in [0, 0.1) is 6.92 Å². The summed E-state index contributed by atoms with van der Waals surface area (Å²) in [7, 11) is -1.92. The summed E-state index contributed by atoms with van der Waals surface area (Å²) in [6.45, 7) is 4.22. The molecule has 1 fully saturated rings. The zero-order valence-corrected chi connectivity index (χ0v) is 19.2. The van der Waals surface area contributed by atoms with E-state index in [1.807, 2.05) is 12.1 Å². The predicted octanol–water partition coefficient (Wildman–Crippen LogP) is 3.02. The van der Waals surface area contributed by atoms with Crippen LogP contribution < -0.4 is 9.64 Å². The zero-order valence-electron chi connectivity index (χ0n) is 18.4. The quantitative estimate of drug-likeness (QED) is 0.647. The van der Waals surface area contributed by atoms with E-state index in [0.717, 1.165) is 35.2 Å². The highest BCUT2D eigenvalue weighted by molar-refractivity contribution is 7.89. The van der Waals surface area contributed by atoms with E-state index in [-0.39, 0.29) is 10.8 Å². The molecule has 1 saturated heterocycles. The van der Waals surface area contributed by atoms with E-state index in [1.54, 1.807) is 42.4 Å². The molecule has 8 heteroatoms. The first-order valence-electron chi connectivity index (χ1n) is 10.8. The maximum Gasteiger partial charge on any atom is 0.251 e. The summed E-state index contributed by atoms with van der Waals surface area (Å²) in [4.78, 5) is 15.0. The fraction of sp³-hybridized carbons (Fsp3) is 0.375. The lowest BCUT2D eigenvalue weighted by Crippen LogP contribution is -2.40. The number of ether oxygens (including phenoxy) is 2. The summed E-state index contributed by atoms with van der Waals surface area (Å²) < 4.78 is 37.7. The minimum absolute atomic E-state index is 0.125. The number of hydrogen-bond acceptors (Lipinski definition) is 5. The third-order valence-corrected chi connectivity index (χ3v) is 7.86. The summed E-state index contributed by atoms with van der Waals surface area (Å²) >= 11 is 0. The number of benzene rings is 2. The highest BCUT2D eigenvalue weighted by atomic mass is 32.2. The van der Waals surface area contributed by atoms with Crippen molar-refractivity contribution in [3.8, 4) is 5.75 Å². The monoisotopic (exact) mass is 456 g/mol. The lowest BCUT2D eigenvalue weighted by atomic mass is 9.96. The van der Waals surface area contributed by atoms with Gasteiger partial charge in [0.05, 0.1) is 30.9 Å². The zero-order chi connectivity index (χ0) is 22.7. The van der Waals surface area contributed by atoms with Crippen molar-refractivity contribution in [2.24, 2.45) is 0 Å². The topological polar surface area (TPSA) is 76.2 Å². The molecule has 1 amide bonds. The highest BCUT2D eigenvalue weighted by Gasteiger charge is 2.27. The molecular weight excluding hydrogens is 428 g/mol. The molecule has 4 rings (SSSR count). The summed E-state index contributed by atoms with van der Waals surface area (Å²) in [5.74, 6) is 0.574. The van der Waals surface area contributed by atoms with Gasteiger partial charge in [-0.05, 0) is 60.7 Å². The molecule has 2 aromatic carbocycles. The average molecular weight is 457 g/mol. The molecule has 0 saturated carbocycles. The van der Waals surface area contributed by atoms with Crippen LogP contribution in [0.5, 0.6) is 5.75 Å². The largest absolute Gasteiger partial charge is 0.495 e. The van der Waals surface area contributed by atoms with Gasteiger partial charge in [-0.25, -0.2) is 8.42 Å². The Balaban J connectivity index is 1.51. The number of fused-ring (bicyclic) bond motifs is 1. The molecule has 2 heterocycles. The number of anilines is 1. The van der Waals surface area contributed by atoms with Crippen LogP contribution in [-0.2, 0) is 26.0 Å². The van der Waals surface area contributed by atoms with Crippen molar-refractivity contribution in [1.29, 1.82) is 0 Å². The van der Waals surface area contributed by atoms with Gasteiger partial charge in [-0.2, -0.15) is 4.31 Å². The van der Waals surface area contributed by atoms with E-state index in [0.29, 0.717) is 38.6 Å². The van der Waals surface area contributed by atoms with E-state index in [1.165, 1.54) is 10.4 Å². The maximum absolute atomic E-state index is 13.0. The van der Waals surface area contributed by atoms with Gasteiger partial charge in [0.2, 0.25) is 10.0 Å². The first-order chi connectivity index (χ1) is 15.4. The number of nitrogens with zero attached hydrogens (tertiary/aromatic N) is 2. The van der Waals surface area contributed by atoms with Gasteiger partial charge in [-0.3, -0.25) is 4.79 Å². The van der Waals surface area contributed by atoms with Gasteiger partial charge >= 0.3 is 0 Å². The van der Waals surface area contributed by atoms with Crippen LogP contribution in [0.3, 0.4) is 0 Å². The lowest BCUT2D eigenvalue weighted by Gasteiger charge is -2.31. The highest BCUT2D eigenvalue weighted by Crippen LogP contribution is 2.38. The van der Waals surface area contributed by atoms with Gasteiger partial charge in [-0.15, -0.1) is 0 Å². The molecule has 0 N–H and O–H groups in total. The minimum Gasteiger partial charge on any atom is -0.495 e. The van der Waals surface area contributed by atoms with Crippen molar-refractivity contribution < 1.29 is 22.7 Å². The molecule has 32 heavy (non-hydrogen) atoms. The molecule has 0 atom stereocenters. The van der Waals surface area contributed by atoms with E-state index in [9.17, 15) is 13.2 Å². The molecule has 0 unspecified atom stereocenters. The van der Waals surface area contributed by atoms with Crippen molar-refractivity contribution in [2.75, 3.05) is 44.9 Å². The number of aryl methyl sites for hydroxylation is 1. The summed E-state index contributed by atoms with van der Waals surface area (Å²) in [6, 6.07) is 10.5. The Morgan fingerprint density at radius 3 is 2.47 bits per heavy atom. The lowest BCUT2D eigenvalue weighted by molar-refractivity contribution is -0.114. The standard InChI is InChI=1S/C24H28N2O5S/c1-18-5-11-22(30-2)24-21(18)4-3-13-26(24)23(27)12-8-19-6-9-20(10-7-19)32(28,29)25-14-16-31-17-15-25/h5-12H,3-4,13-17H2,1-2H3/b12-8+. The normalized spacial score (nSPS) is 17.4. The number of methoxy groups -OCH3 is 1. The molecule has 170 valence electrons. The van der Waals surface area contributed by atoms with E-state index >= 15 is 0 Å². The van der Waals surface area contributed by atoms with Crippen LogP contribution in [0.4, 0.5) is 5.69 Å². The van der Waals surface area contributed by atoms with Crippen molar-refractivity contribution in [1.82, 2.24) is 4.31 Å². The molecule has 2 aromatic rings. The van der Waals surface area contributed by atoms with E-state index in [4.69, 9.17) is 9.47 Å². The van der Waals surface area contributed by atoms with Crippen LogP contribution in [-0.4, -0.2) is 58.6 Å². The second kappa shape index (κ2) is 9.44. The van der Waals surface area contributed by atoms with E-state index < -0.39 is 10.0 Å². The summed E-state index contributed by atoms with van der Waals surface area (Å²) in [5.41, 5.74) is 3.91. The first kappa shape index (κ1) is 22.5. The van der Waals surface area contributed by atoms with Crippen molar-refractivity contribution in [3.63, 3.8) is 0 Å². The molecule has 0 aromatic heterocycles. The molecule has 0 spiro atoms. The SMILES string of the molecule is COc1ccc(C)c2c1N(C(=O)/C=C/c1ccc(S(=O)(=O)N3CCOCC3)cc1)CCC2. The smallest absolute Gasteiger partial charge is 0.251 e. The third-order valence-electron chi connectivity index (χ3n) is 5.95. The molecule has 2 aliphatic heterocycles. The van der Waals surface area contributed by atoms with E-state index in [2.05, 4.69) is 6.92 Å². The van der Waals surface area contributed by atoms with Gasteiger partial charge in [0.1, 0.15) is 5.75 Å². The van der Waals surface area contributed by atoms with Crippen molar-refractivity contribution in [2.45, 2.75) is 24.7 Å². The third kappa shape index (κ3) is 4.44. The van der Waals surface area contributed by atoms with Crippen molar-refractivity contribution in [3.05, 3.63) is 59.2 Å². The van der Waals surface area contributed by atoms with Crippen LogP contribution in [0.15, 0.2) is 47.4 Å². The fourth-order valence-electron chi connectivity index (χ4n) is 4.18. The number of hydrogen-bond donors (Lipinski definition) is 0. The van der Waals surface area contributed by atoms with Gasteiger partial charge in [-0.1, -0.05) is 18.2 Å². The van der Waals surface area contributed by atoms with Crippen LogP contribution in [0.1, 0.15) is 23.1 Å². The second-order valence-electron chi connectivity index (χ2n) is 7.92. The number of carbonyl (C=O) groups is 1. The van der Waals surface area contributed by atoms with Gasteiger partial charge in [0, 0.05) is 25.7 Å². The Hall–Kier alpha value is -2.68. The van der Waals surface area contributed by atoms with Crippen LogP contribution in [0.25, 0.3) is 6.08 Å². The van der Waals surface area contributed by atoms with Crippen LogP contribution in [0.2, 0.25) is 0 Å². The summed E-state index contributed by atoms with van der Waals surface area (Å²) in [6.07, 6.45) is 5.06. The van der Waals surface area contributed by atoms with Gasteiger partial charge in [0.15, 0.2) is 0 Å². The Morgan fingerprint density at radius 2 is 1.78 bits per heavy atom. The molecule has 0 bridgehead atoms.